The van der Waals surface area contributed by atoms with Gasteiger partial charge in [0.25, 0.3) is 5.56 Å². The van der Waals surface area contributed by atoms with Gasteiger partial charge in [0.15, 0.2) is 11.2 Å². The number of nitrogens with one attached hydrogen (secondary N) is 2. The predicted octanol–water partition coefficient (Wildman–Crippen LogP) is 1.95. The molecule has 0 fully saturated rings. The molecule has 0 aliphatic carbocycles. The van der Waals surface area contributed by atoms with Crippen LogP contribution in [0.3, 0.4) is 0 Å². The Kier molecular flexibility index (Phi) is 5.42. The van der Waals surface area contributed by atoms with E-state index in [-0.39, 0.29) is 11.2 Å². The van der Waals surface area contributed by atoms with Crippen LogP contribution in [0.4, 0.5) is 5.95 Å². The quantitative estimate of drug-likeness (QED) is 0.362. The SMILES string of the molecule is Cn1c(=O)[nH]c(=O)c2c1nc(NN=Cc1ccccc1)n2CCOc1ccccc1. The lowest BCUT2D eigenvalue weighted by atomic mass is 10.2. The van der Waals surface area contributed by atoms with E-state index in [1.165, 1.54) is 4.57 Å². The lowest BCUT2D eigenvalue weighted by Gasteiger charge is -2.10. The first-order valence-electron chi connectivity index (χ1n) is 9.35. The van der Waals surface area contributed by atoms with Gasteiger partial charge in [-0.25, -0.2) is 10.2 Å². The monoisotopic (exact) mass is 404 g/mol. The number of hydrogen-bond acceptors (Lipinski definition) is 6. The van der Waals surface area contributed by atoms with Crippen molar-refractivity contribution in [2.75, 3.05) is 12.0 Å². The summed E-state index contributed by atoms with van der Waals surface area (Å²) in [6, 6.07) is 18.9. The van der Waals surface area contributed by atoms with E-state index in [0.29, 0.717) is 19.1 Å². The molecule has 0 aliphatic rings. The molecule has 0 saturated heterocycles. The number of anilines is 1. The second kappa shape index (κ2) is 8.48. The van der Waals surface area contributed by atoms with Crippen LogP contribution in [-0.4, -0.2) is 31.9 Å². The van der Waals surface area contributed by atoms with E-state index in [4.69, 9.17) is 4.74 Å². The molecule has 0 spiro atoms. The Morgan fingerprint density at radius 2 is 1.80 bits per heavy atom. The number of aryl methyl sites for hydroxylation is 1. The number of imidazole rings is 1. The number of rotatable bonds is 7. The molecule has 9 heteroatoms. The minimum absolute atomic E-state index is 0.265. The number of para-hydroxylation sites is 1. The molecular formula is C21H20N6O3. The molecule has 0 saturated carbocycles. The summed E-state index contributed by atoms with van der Waals surface area (Å²) in [6.45, 7) is 0.630. The fourth-order valence-corrected chi connectivity index (χ4v) is 3.01. The van der Waals surface area contributed by atoms with Gasteiger partial charge < -0.3 is 4.74 Å². The van der Waals surface area contributed by atoms with E-state index in [0.717, 1.165) is 11.3 Å². The molecule has 2 aromatic heterocycles. The molecule has 0 unspecified atom stereocenters. The van der Waals surface area contributed by atoms with Crippen LogP contribution in [0.25, 0.3) is 11.2 Å². The maximum atomic E-state index is 12.5. The van der Waals surface area contributed by atoms with Gasteiger partial charge in [-0.1, -0.05) is 48.5 Å². The molecule has 0 radical (unpaired) electrons. The highest BCUT2D eigenvalue weighted by Gasteiger charge is 2.17. The van der Waals surface area contributed by atoms with Crippen LogP contribution in [0, 0.1) is 0 Å². The number of fused-ring (bicyclic) bond motifs is 1. The first kappa shape index (κ1) is 19.2. The summed E-state index contributed by atoms with van der Waals surface area (Å²) in [7, 11) is 1.55. The molecule has 0 amide bonds. The van der Waals surface area contributed by atoms with Crippen LogP contribution in [0.15, 0.2) is 75.4 Å². The van der Waals surface area contributed by atoms with Crippen molar-refractivity contribution in [3.63, 3.8) is 0 Å². The van der Waals surface area contributed by atoms with E-state index in [1.54, 1.807) is 17.8 Å². The smallest absolute Gasteiger partial charge is 0.329 e. The van der Waals surface area contributed by atoms with Gasteiger partial charge in [-0.05, 0) is 17.7 Å². The van der Waals surface area contributed by atoms with Crippen molar-refractivity contribution >= 4 is 23.3 Å². The largest absolute Gasteiger partial charge is 0.492 e. The molecule has 0 atom stereocenters. The lowest BCUT2D eigenvalue weighted by Crippen LogP contribution is -2.29. The third kappa shape index (κ3) is 4.00. The molecule has 4 aromatic rings. The molecule has 0 aliphatic heterocycles. The van der Waals surface area contributed by atoms with Crippen molar-refractivity contribution in [3.05, 3.63) is 87.1 Å². The summed E-state index contributed by atoms with van der Waals surface area (Å²) >= 11 is 0. The van der Waals surface area contributed by atoms with Crippen molar-refractivity contribution < 1.29 is 4.74 Å². The number of nitrogens with zero attached hydrogens (tertiary/aromatic N) is 4. The average molecular weight is 404 g/mol. The molecule has 152 valence electrons. The summed E-state index contributed by atoms with van der Waals surface area (Å²) in [5, 5.41) is 4.22. The van der Waals surface area contributed by atoms with Gasteiger partial charge >= 0.3 is 5.69 Å². The highest BCUT2D eigenvalue weighted by Crippen LogP contribution is 2.16. The Morgan fingerprint density at radius 1 is 1.10 bits per heavy atom. The number of benzene rings is 2. The molecule has 9 nitrogen and oxygen atoms in total. The first-order valence-corrected chi connectivity index (χ1v) is 9.35. The zero-order valence-corrected chi connectivity index (χ0v) is 16.3. The standard InChI is InChI=1S/C21H20N6O3/c1-26-18-17(19(28)24-21(26)29)27(12-13-30-16-10-6-3-7-11-16)20(23-18)25-22-14-15-8-4-2-5-9-15/h2-11,14H,12-13H2,1H3,(H,23,25)(H,24,28,29). The zero-order chi connectivity index (χ0) is 20.9. The maximum Gasteiger partial charge on any atom is 0.329 e. The minimum atomic E-state index is -0.531. The topological polar surface area (TPSA) is 106 Å². The van der Waals surface area contributed by atoms with Crippen LogP contribution in [0.1, 0.15) is 5.56 Å². The number of aromatic amines is 1. The number of hydrazone groups is 1. The highest BCUT2D eigenvalue weighted by molar-refractivity contribution is 5.80. The molecule has 2 N–H and O–H groups in total. The number of H-pyrrole nitrogens is 1. The Balaban J connectivity index is 1.65. The van der Waals surface area contributed by atoms with E-state index in [1.807, 2.05) is 60.7 Å². The van der Waals surface area contributed by atoms with Crippen LogP contribution < -0.4 is 21.4 Å². The first-order chi connectivity index (χ1) is 14.6. The lowest BCUT2D eigenvalue weighted by molar-refractivity contribution is 0.301. The van der Waals surface area contributed by atoms with Gasteiger partial charge in [0.1, 0.15) is 12.4 Å². The summed E-state index contributed by atoms with van der Waals surface area (Å²) in [5.41, 5.74) is 3.27. The van der Waals surface area contributed by atoms with E-state index >= 15 is 0 Å². The Labute approximate surface area is 171 Å². The number of ether oxygens (including phenoxy) is 1. The second-order valence-corrected chi connectivity index (χ2v) is 6.52. The fraction of sp³-hybridized carbons (Fsp3) is 0.143. The van der Waals surface area contributed by atoms with Gasteiger partial charge in [-0.2, -0.15) is 10.1 Å². The van der Waals surface area contributed by atoms with E-state index in [2.05, 4.69) is 20.5 Å². The van der Waals surface area contributed by atoms with Crippen molar-refractivity contribution in [2.24, 2.45) is 12.1 Å². The molecule has 2 heterocycles. The third-order valence-electron chi connectivity index (χ3n) is 4.51. The van der Waals surface area contributed by atoms with Gasteiger partial charge in [-0.3, -0.25) is 18.9 Å². The number of aromatic nitrogens is 4. The van der Waals surface area contributed by atoms with Crippen LogP contribution in [0.2, 0.25) is 0 Å². The summed E-state index contributed by atoms with van der Waals surface area (Å²) in [6.07, 6.45) is 1.65. The number of hydrogen-bond donors (Lipinski definition) is 2. The van der Waals surface area contributed by atoms with Crippen LogP contribution >= 0.6 is 0 Å². The molecule has 0 bridgehead atoms. The van der Waals surface area contributed by atoms with Crippen molar-refractivity contribution in [1.82, 2.24) is 19.1 Å². The summed E-state index contributed by atoms with van der Waals surface area (Å²) < 4.78 is 8.70. The van der Waals surface area contributed by atoms with Gasteiger partial charge in [0.05, 0.1) is 12.8 Å². The van der Waals surface area contributed by atoms with Crippen molar-refractivity contribution in [2.45, 2.75) is 6.54 Å². The zero-order valence-electron chi connectivity index (χ0n) is 16.3. The van der Waals surface area contributed by atoms with Crippen LogP contribution in [-0.2, 0) is 13.6 Å². The van der Waals surface area contributed by atoms with Crippen LogP contribution in [0.5, 0.6) is 5.75 Å². The molecular weight excluding hydrogens is 384 g/mol. The Hall–Kier alpha value is -4.14. The minimum Gasteiger partial charge on any atom is -0.492 e. The van der Waals surface area contributed by atoms with Gasteiger partial charge in [0.2, 0.25) is 5.95 Å². The summed E-state index contributed by atoms with van der Waals surface area (Å²) in [4.78, 5) is 31.2. The highest BCUT2D eigenvalue weighted by atomic mass is 16.5. The van der Waals surface area contributed by atoms with Crippen molar-refractivity contribution in [1.29, 1.82) is 0 Å². The maximum absolute atomic E-state index is 12.5. The average Bonchev–Trinajstić information content (AvgIpc) is 3.13. The Bertz CT molecular complexity index is 1290. The molecule has 2 aromatic carbocycles. The van der Waals surface area contributed by atoms with Gasteiger partial charge in [-0.15, -0.1) is 0 Å². The Morgan fingerprint density at radius 3 is 2.53 bits per heavy atom. The van der Waals surface area contributed by atoms with Crippen molar-refractivity contribution in [3.8, 4) is 5.75 Å². The second-order valence-electron chi connectivity index (χ2n) is 6.52. The van der Waals surface area contributed by atoms with E-state index in [9.17, 15) is 9.59 Å². The predicted molar refractivity (Wildman–Crippen MR) is 115 cm³/mol. The van der Waals surface area contributed by atoms with E-state index < -0.39 is 11.2 Å². The normalized spacial score (nSPS) is 11.2. The summed E-state index contributed by atoms with van der Waals surface area (Å²) in [5.74, 6) is 1.06. The van der Waals surface area contributed by atoms with Gasteiger partial charge in [0, 0.05) is 7.05 Å². The third-order valence-corrected chi connectivity index (χ3v) is 4.51. The molecule has 4 rings (SSSR count). The molecule has 30 heavy (non-hydrogen) atoms. The fourth-order valence-electron chi connectivity index (χ4n) is 3.01.